The number of H-pyrrole nitrogens is 1. The number of nitrogens with two attached hydrogens (primary N) is 2. The lowest BCUT2D eigenvalue weighted by Gasteiger charge is -2.21. The summed E-state index contributed by atoms with van der Waals surface area (Å²) in [5, 5.41) is 0.115. The van der Waals surface area contributed by atoms with Crippen molar-refractivity contribution < 1.29 is 55.9 Å². The van der Waals surface area contributed by atoms with E-state index in [2.05, 4.69) is 37.0 Å². The number of nitrogens with one attached hydrogen (secondary N) is 1. The van der Waals surface area contributed by atoms with Gasteiger partial charge in [-0.3, -0.25) is 14.3 Å². The molecule has 2 aromatic heterocycles. The maximum Gasteiger partial charge on any atom is 0.490 e. The Morgan fingerprint density at radius 2 is 1.97 bits per heavy atom. The Bertz CT molecular complexity index is 1460. The van der Waals surface area contributed by atoms with Crippen LogP contribution in [0.25, 0.3) is 11.0 Å². The first-order valence-electron chi connectivity index (χ1n) is 10.4. The van der Waals surface area contributed by atoms with Crippen LogP contribution in [-0.4, -0.2) is 66.1 Å². The van der Waals surface area contributed by atoms with Gasteiger partial charge < -0.3 is 45.1 Å². The minimum Gasteiger partial charge on any atom is -0.371 e. The molecule has 0 bridgehead atoms. The molecule has 2 aromatic rings. The van der Waals surface area contributed by atoms with Crippen LogP contribution in [0.5, 0.6) is 0 Å². The van der Waals surface area contributed by atoms with Crippen molar-refractivity contribution in [2.75, 3.05) is 25.5 Å². The van der Waals surface area contributed by atoms with Gasteiger partial charge in [0.15, 0.2) is 5.65 Å². The van der Waals surface area contributed by atoms with Crippen LogP contribution in [0.4, 0.5) is 5.95 Å². The number of rotatable bonds is 11. The molecule has 18 nitrogen and oxygen atoms in total. The van der Waals surface area contributed by atoms with Crippen molar-refractivity contribution in [3.8, 4) is 11.8 Å². The van der Waals surface area contributed by atoms with Crippen LogP contribution >= 0.6 is 23.5 Å². The molecule has 0 aliphatic carbocycles. The summed E-state index contributed by atoms with van der Waals surface area (Å²) in [7, 11) is -16.7. The third-order valence-corrected chi connectivity index (χ3v) is 8.57. The number of phosphoric ester groups is 1. The largest absolute Gasteiger partial charge is 0.490 e. The quantitative estimate of drug-likeness (QED) is 0.100. The monoisotopic (exact) mass is 599 g/mol. The Kier molecular flexibility index (Phi) is 9.51. The van der Waals surface area contributed by atoms with Crippen LogP contribution in [0.15, 0.2) is 23.6 Å². The molecule has 0 saturated carbocycles. The molecule has 210 valence electrons. The van der Waals surface area contributed by atoms with Crippen molar-refractivity contribution in [2.45, 2.75) is 24.9 Å². The van der Waals surface area contributed by atoms with E-state index in [1.54, 1.807) is 0 Å². The summed E-state index contributed by atoms with van der Waals surface area (Å²) in [5.41, 5.74) is 11.0. The average molecular weight is 599 g/mol. The third kappa shape index (κ3) is 7.92. The van der Waals surface area contributed by atoms with E-state index in [1.165, 1.54) is 16.8 Å². The lowest BCUT2D eigenvalue weighted by Crippen LogP contribution is -2.29. The fourth-order valence-electron chi connectivity index (χ4n) is 3.49. The molecule has 0 aromatic carbocycles. The van der Waals surface area contributed by atoms with Gasteiger partial charge in [0.25, 0.3) is 5.56 Å². The first-order chi connectivity index (χ1) is 17.6. The number of fused-ring (bicyclic) bond motifs is 1. The number of phosphoric acid groups is 3. The van der Waals surface area contributed by atoms with Crippen molar-refractivity contribution in [1.82, 2.24) is 14.5 Å². The van der Waals surface area contributed by atoms with Crippen molar-refractivity contribution in [3.63, 3.8) is 0 Å². The number of aromatic amines is 1. The van der Waals surface area contributed by atoms with E-state index in [0.717, 1.165) is 0 Å². The van der Waals surface area contributed by atoms with E-state index in [9.17, 15) is 28.3 Å². The van der Waals surface area contributed by atoms with Gasteiger partial charge in [0.2, 0.25) is 5.95 Å². The SMILES string of the molecule is C=CCOC1C[C@H](n2cc(C#CCN)c3c(=O)[nH]c(N)nc32)O[C@@H]1COP(=O)(O)OP(=O)(O)OP(=O)(O)O. The molecule has 1 fully saturated rings. The van der Waals surface area contributed by atoms with E-state index in [0.29, 0.717) is 0 Å². The second-order valence-corrected chi connectivity index (χ2v) is 11.9. The van der Waals surface area contributed by atoms with Gasteiger partial charge in [0.1, 0.15) is 12.3 Å². The zero-order valence-corrected chi connectivity index (χ0v) is 22.0. The van der Waals surface area contributed by atoms with Crippen molar-refractivity contribution in [1.29, 1.82) is 0 Å². The third-order valence-electron chi connectivity index (χ3n) is 4.76. The summed E-state index contributed by atoms with van der Waals surface area (Å²) in [6, 6.07) is 0. The normalized spacial score (nSPS) is 22.9. The van der Waals surface area contributed by atoms with E-state index < -0.39 is 54.1 Å². The van der Waals surface area contributed by atoms with Gasteiger partial charge in [-0.2, -0.15) is 13.6 Å². The molecule has 1 saturated heterocycles. The predicted molar refractivity (Wildman–Crippen MR) is 129 cm³/mol. The fourth-order valence-corrected chi connectivity index (χ4v) is 6.52. The smallest absolute Gasteiger partial charge is 0.371 e. The minimum absolute atomic E-state index is 0.0209. The number of ether oxygens (including phenoxy) is 2. The molecule has 0 amide bonds. The number of anilines is 1. The summed E-state index contributed by atoms with van der Waals surface area (Å²) in [6.45, 7) is 2.85. The molecule has 3 rings (SSSR count). The van der Waals surface area contributed by atoms with Crippen LogP contribution in [0.2, 0.25) is 0 Å². The molecular weight excluding hydrogens is 575 g/mol. The van der Waals surface area contributed by atoms with Crippen molar-refractivity contribution in [2.24, 2.45) is 5.73 Å². The maximum atomic E-state index is 12.5. The lowest BCUT2D eigenvalue weighted by atomic mass is 10.2. The number of hydrogen-bond acceptors (Lipinski definition) is 12. The van der Waals surface area contributed by atoms with Crippen LogP contribution in [-0.2, 0) is 36.3 Å². The first-order valence-corrected chi connectivity index (χ1v) is 14.9. The summed E-state index contributed by atoms with van der Waals surface area (Å²) < 4.78 is 59.6. The molecule has 9 N–H and O–H groups in total. The maximum absolute atomic E-state index is 12.5. The average Bonchev–Trinajstić information content (AvgIpc) is 3.33. The molecule has 3 heterocycles. The summed E-state index contributed by atoms with van der Waals surface area (Å²) in [5.74, 6) is 5.23. The highest BCUT2D eigenvalue weighted by molar-refractivity contribution is 7.66. The van der Waals surface area contributed by atoms with Crippen LogP contribution in [0, 0.1) is 11.8 Å². The summed E-state index contributed by atoms with van der Waals surface area (Å²) in [6.07, 6.45) is 0.222. The zero-order chi connectivity index (χ0) is 28.3. The van der Waals surface area contributed by atoms with Gasteiger partial charge >= 0.3 is 23.5 Å². The van der Waals surface area contributed by atoms with Gasteiger partial charge in [0.05, 0.1) is 36.8 Å². The summed E-state index contributed by atoms with van der Waals surface area (Å²) >= 11 is 0. The molecule has 5 atom stereocenters. The highest BCUT2D eigenvalue weighted by atomic mass is 31.3. The zero-order valence-electron chi connectivity index (χ0n) is 19.3. The van der Waals surface area contributed by atoms with E-state index in [1.807, 2.05) is 0 Å². The highest BCUT2D eigenvalue weighted by Gasteiger charge is 2.43. The molecule has 1 aliphatic heterocycles. The summed E-state index contributed by atoms with van der Waals surface area (Å²) in [4.78, 5) is 55.4. The Morgan fingerprint density at radius 3 is 2.61 bits per heavy atom. The molecule has 21 heteroatoms. The van der Waals surface area contributed by atoms with Crippen LogP contribution < -0.4 is 17.0 Å². The molecular formula is C17H24N5O13P3. The minimum atomic E-state index is -5.70. The van der Waals surface area contributed by atoms with Gasteiger partial charge in [0, 0.05) is 12.6 Å². The molecule has 3 unspecified atom stereocenters. The Balaban J connectivity index is 1.86. The van der Waals surface area contributed by atoms with E-state index >= 15 is 0 Å². The number of nitrogens with zero attached hydrogens (tertiary/aromatic N) is 2. The van der Waals surface area contributed by atoms with Gasteiger partial charge in [-0.1, -0.05) is 17.9 Å². The first kappa shape index (κ1) is 30.4. The molecule has 0 radical (unpaired) electrons. The molecule has 1 aliphatic rings. The van der Waals surface area contributed by atoms with Crippen molar-refractivity contribution >= 4 is 40.4 Å². The van der Waals surface area contributed by atoms with E-state index in [4.69, 9.17) is 35.3 Å². The highest BCUT2D eigenvalue weighted by Crippen LogP contribution is 2.66. The van der Waals surface area contributed by atoms with Gasteiger partial charge in [-0.25, -0.2) is 13.7 Å². The predicted octanol–water partition coefficient (Wildman–Crippen LogP) is -0.181. The van der Waals surface area contributed by atoms with Gasteiger partial charge in [-0.15, -0.1) is 6.58 Å². The van der Waals surface area contributed by atoms with E-state index in [-0.39, 0.29) is 42.1 Å². The van der Waals surface area contributed by atoms with Crippen LogP contribution in [0.3, 0.4) is 0 Å². The molecule has 0 spiro atoms. The van der Waals surface area contributed by atoms with Crippen molar-refractivity contribution in [3.05, 3.63) is 34.8 Å². The fraction of sp³-hybridized carbons (Fsp3) is 0.412. The van der Waals surface area contributed by atoms with Gasteiger partial charge in [-0.05, 0) is 0 Å². The van der Waals surface area contributed by atoms with Crippen LogP contribution in [0.1, 0.15) is 18.2 Å². The Morgan fingerprint density at radius 1 is 1.26 bits per heavy atom. The molecule has 38 heavy (non-hydrogen) atoms. The number of nitrogen functional groups attached to an aromatic ring is 1. The number of hydrogen-bond donors (Lipinski definition) is 7. The Labute approximate surface area is 214 Å². The number of aromatic nitrogens is 3. The second-order valence-electron chi connectivity index (χ2n) is 7.52. The lowest BCUT2D eigenvalue weighted by molar-refractivity contribution is -0.0549. The Hall–Kier alpha value is -2.19. The second kappa shape index (κ2) is 11.9. The standard InChI is InChI=1S/C17H24N5O13P3/c1-2-6-31-11-7-13(22-8-10(4-3-5-18)14-15(22)20-17(19)21-16(14)23)33-12(11)9-32-37(27,28)35-38(29,30)34-36(24,25)26/h2,8,11-13H,1,5-7,9,18H2,(H,27,28)(H,29,30)(H2,24,25,26)(H3,19,20,21,23)/t11?,12-,13-/m1/s1. The topological polar surface area (TPSA) is 281 Å².